The molecule has 0 aromatic heterocycles. The van der Waals surface area contributed by atoms with Crippen molar-refractivity contribution in [3.63, 3.8) is 0 Å². The van der Waals surface area contributed by atoms with Gasteiger partial charge >= 0.3 is 11.9 Å². The van der Waals surface area contributed by atoms with Gasteiger partial charge in [-0.25, -0.2) is 9.59 Å². The number of carbonyl (C=O) groups excluding carboxylic acids is 2. The Kier molecular flexibility index (Phi) is 5.27. The summed E-state index contributed by atoms with van der Waals surface area (Å²) >= 11 is 0. The highest BCUT2D eigenvalue weighted by atomic mass is 16.6. The Morgan fingerprint density at radius 2 is 1.74 bits per heavy atom. The molecule has 1 atom stereocenters. The Morgan fingerprint density at radius 1 is 1.00 bits per heavy atom. The lowest BCUT2D eigenvalue weighted by molar-refractivity contribution is 0.0391. The first-order chi connectivity index (χ1) is 14.8. The number of phenolic OH excluding ortho intramolecular Hbond substituents is 1. The van der Waals surface area contributed by atoms with Crippen molar-refractivity contribution in [2.45, 2.75) is 38.7 Å². The van der Waals surface area contributed by atoms with Gasteiger partial charge in [-0.1, -0.05) is 56.3 Å². The van der Waals surface area contributed by atoms with Crippen molar-refractivity contribution in [2.75, 3.05) is 0 Å². The molecule has 0 bridgehead atoms. The van der Waals surface area contributed by atoms with Crippen LogP contribution in [0.4, 0.5) is 0 Å². The quantitative estimate of drug-likeness (QED) is 0.451. The van der Waals surface area contributed by atoms with Gasteiger partial charge in [0.15, 0.2) is 0 Å². The van der Waals surface area contributed by atoms with E-state index in [4.69, 9.17) is 9.47 Å². The molecule has 1 aliphatic heterocycles. The predicted octanol–water partition coefficient (Wildman–Crippen LogP) is 5.50. The molecule has 4 rings (SSSR count). The Morgan fingerprint density at radius 3 is 2.48 bits per heavy atom. The van der Waals surface area contributed by atoms with Crippen LogP contribution in [0.15, 0.2) is 66.7 Å². The summed E-state index contributed by atoms with van der Waals surface area (Å²) in [4.78, 5) is 25.5. The number of benzene rings is 3. The Hall–Kier alpha value is -3.60. The minimum atomic E-state index is -0.704. The molecule has 3 aromatic rings. The average Bonchev–Trinajstić information content (AvgIpc) is 2.73. The number of phenols is 1. The summed E-state index contributed by atoms with van der Waals surface area (Å²) in [6.45, 7) is 6.01. The fraction of sp³-hybridized carbons (Fsp3) is 0.231. The average molecular weight is 416 g/mol. The third-order valence-electron chi connectivity index (χ3n) is 5.71. The van der Waals surface area contributed by atoms with Crippen LogP contribution in [-0.2, 0) is 10.2 Å². The molecular weight excluding hydrogens is 392 g/mol. The van der Waals surface area contributed by atoms with Gasteiger partial charge in [0.25, 0.3) is 0 Å². The maximum absolute atomic E-state index is 13.0. The second-order valence-electron chi connectivity index (χ2n) is 8.46. The number of hydrogen-bond acceptors (Lipinski definition) is 5. The molecule has 3 aromatic carbocycles. The molecule has 0 radical (unpaired) electrons. The van der Waals surface area contributed by atoms with Crippen LogP contribution in [-0.4, -0.2) is 17.0 Å². The van der Waals surface area contributed by atoms with Gasteiger partial charge < -0.3 is 14.6 Å². The normalized spacial score (nSPS) is 16.7. The molecule has 5 nitrogen and oxygen atoms in total. The number of aromatic hydroxyl groups is 1. The Labute approximate surface area is 181 Å². The van der Waals surface area contributed by atoms with Crippen LogP contribution in [0.3, 0.4) is 0 Å². The minimum absolute atomic E-state index is 0.118. The van der Waals surface area contributed by atoms with Gasteiger partial charge in [0.2, 0.25) is 0 Å². The first-order valence-electron chi connectivity index (χ1n) is 10.2. The summed E-state index contributed by atoms with van der Waals surface area (Å²) in [6.07, 6.45) is 0.194. The molecule has 1 N–H and O–H groups in total. The maximum Gasteiger partial charge on any atom is 0.346 e. The van der Waals surface area contributed by atoms with Crippen molar-refractivity contribution in [1.82, 2.24) is 0 Å². The van der Waals surface area contributed by atoms with Crippen molar-refractivity contribution < 1.29 is 24.2 Å². The highest BCUT2D eigenvalue weighted by Crippen LogP contribution is 2.47. The van der Waals surface area contributed by atoms with Crippen LogP contribution in [0, 0.1) is 6.92 Å². The van der Waals surface area contributed by atoms with Gasteiger partial charge in [-0.05, 0) is 42.5 Å². The van der Waals surface area contributed by atoms with E-state index in [1.165, 1.54) is 0 Å². The van der Waals surface area contributed by atoms with Crippen LogP contribution < -0.4 is 4.74 Å². The molecule has 0 amide bonds. The van der Waals surface area contributed by atoms with Crippen LogP contribution in [0.25, 0.3) is 0 Å². The predicted molar refractivity (Wildman–Crippen MR) is 116 cm³/mol. The van der Waals surface area contributed by atoms with Gasteiger partial charge in [0, 0.05) is 17.2 Å². The SMILES string of the molecule is Cc1cccc(C2CC(C)(C)c3ccc(O)cc3O2)c1C(=O)OC(=O)c1ccccc1. The summed E-state index contributed by atoms with van der Waals surface area (Å²) in [6, 6.07) is 19.0. The molecule has 0 fully saturated rings. The molecule has 5 heteroatoms. The summed E-state index contributed by atoms with van der Waals surface area (Å²) in [5.74, 6) is -0.694. The van der Waals surface area contributed by atoms with E-state index in [1.54, 1.807) is 55.5 Å². The van der Waals surface area contributed by atoms with E-state index in [-0.39, 0.29) is 11.2 Å². The molecule has 1 unspecified atom stereocenters. The van der Waals surface area contributed by atoms with Gasteiger partial charge in [0.1, 0.15) is 17.6 Å². The lowest BCUT2D eigenvalue weighted by Gasteiger charge is -2.38. The highest BCUT2D eigenvalue weighted by molar-refractivity contribution is 6.04. The highest BCUT2D eigenvalue weighted by Gasteiger charge is 2.37. The number of hydrogen-bond donors (Lipinski definition) is 1. The molecule has 0 saturated heterocycles. The van der Waals surface area contributed by atoms with E-state index in [9.17, 15) is 14.7 Å². The van der Waals surface area contributed by atoms with E-state index in [2.05, 4.69) is 13.8 Å². The summed E-state index contributed by atoms with van der Waals surface area (Å²) < 4.78 is 11.4. The topological polar surface area (TPSA) is 72.8 Å². The van der Waals surface area contributed by atoms with E-state index in [1.807, 2.05) is 18.2 Å². The fourth-order valence-electron chi connectivity index (χ4n) is 4.12. The maximum atomic E-state index is 13.0. The number of carbonyl (C=O) groups is 2. The van der Waals surface area contributed by atoms with Crippen molar-refractivity contribution in [1.29, 1.82) is 0 Å². The fourth-order valence-corrected chi connectivity index (χ4v) is 4.12. The van der Waals surface area contributed by atoms with Gasteiger partial charge in [-0.3, -0.25) is 0 Å². The molecule has 1 aliphatic rings. The van der Waals surface area contributed by atoms with Crippen LogP contribution >= 0.6 is 0 Å². The van der Waals surface area contributed by atoms with E-state index >= 15 is 0 Å². The van der Waals surface area contributed by atoms with E-state index < -0.39 is 18.0 Å². The van der Waals surface area contributed by atoms with E-state index in [0.717, 1.165) is 5.56 Å². The van der Waals surface area contributed by atoms with Crippen LogP contribution in [0.1, 0.15) is 63.8 Å². The van der Waals surface area contributed by atoms with E-state index in [0.29, 0.717) is 34.4 Å². The van der Waals surface area contributed by atoms with Crippen LogP contribution in [0.2, 0.25) is 0 Å². The Balaban J connectivity index is 1.68. The molecule has 0 saturated carbocycles. The lowest BCUT2D eigenvalue weighted by Crippen LogP contribution is -2.30. The first kappa shape index (κ1) is 20.7. The molecule has 1 heterocycles. The van der Waals surface area contributed by atoms with Gasteiger partial charge in [0.05, 0.1) is 11.1 Å². The number of ether oxygens (including phenoxy) is 2. The summed E-state index contributed by atoms with van der Waals surface area (Å²) in [7, 11) is 0. The first-order valence-corrected chi connectivity index (χ1v) is 10.2. The number of rotatable bonds is 3. The molecule has 31 heavy (non-hydrogen) atoms. The minimum Gasteiger partial charge on any atom is -0.508 e. The second-order valence-corrected chi connectivity index (χ2v) is 8.46. The Bertz CT molecular complexity index is 1150. The monoisotopic (exact) mass is 416 g/mol. The van der Waals surface area contributed by atoms with Crippen molar-refractivity contribution in [3.8, 4) is 11.5 Å². The van der Waals surface area contributed by atoms with Crippen LogP contribution in [0.5, 0.6) is 11.5 Å². The zero-order chi connectivity index (χ0) is 22.2. The zero-order valence-electron chi connectivity index (χ0n) is 17.7. The third-order valence-corrected chi connectivity index (χ3v) is 5.71. The summed E-state index contributed by atoms with van der Waals surface area (Å²) in [5.41, 5.74) is 2.76. The van der Waals surface area contributed by atoms with Crippen molar-refractivity contribution in [3.05, 3.63) is 94.5 Å². The smallest absolute Gasteiger partial charge is 0.346 e. The zero-order valence-corrected chi connectivity index (χ0v) is 17.7. The largest absolute Gasteiger partial charge is 0.508 e. The van der Waals surface area contributed by atoms with Gasteiger partial charge in [-0.15, -0.1) is 0 Å². The third kappa shape index (κ3) is 4.04. The van der Waals surface area contributed by atoms with Crippen molar-refractivity contribution in [2.24, 2.45) is 0 Å². The molecule has 0 aliphatic carbocycles. The number of aryl methyl sites for hydroxylation is 1. The van der Waals surface area contributed by atoms with Gasteiger partial charge in [-0.2, -0.15) is 0 Å². The lowest BCUT2D eigenvalue weighted by atomic mass is 9.75. The molecular formula is C26H24O5. The number of esters is 2. The molecule has 0 spiro atoms. The standard InChI is InChI=1S/C26H24O5/c1-16-8-7-11-19(23(16)25(29)31-24(28)17-9-5-4-6-10-17)22-15-26(2,3)20-13-12-18(27)14-21(20)30-22/h4-14,22,27H,15H2,1-3H3. The van der Waals surface area contributed by atoms with Crippen molar-refractivity contribution >= 4 is 11.9 Å². The second kappa shape index (κ2) is 7.91. The number of fused-ring (bicyclic) bond motifs is 1. The molecule has 158 valence electrons. The summed E-state index contributed by atoms with van der Waals surface area (Å²) in [5, 5.41) is 9.92.